The maximum Gasteiger partial charge on any atom is 0.261 e. The Morgan fingerprint density at radius 1 is 1.12 bits per heavy atom. The van der Waals surface area contributed by atoms with Crippen molar-refractivity contribution >= 4 is 16.8 Å². The first-order chi connectivity index (χ1) is 12.0. The zero-order chi connectivity index (χ0) is 17.6. The molecular weight excluding hydrogens is 318 g/mol. The van der Waals surface area contributed by atoms with Gasteiger partial charge in [0.2, 0.25) is 0 Å². The molecule has 0 fully saturated rings. The van der Waals surface area contributed by atoms with Crippen LogP contribution in [0.25, 0.3) is 22.0 Å². The van der Waals surface area contributed by atoms with Crippen molar-refractivity contribution in [3.8, 4) is 16.9 Å². The minimum absolute atomic E-state index is 0.0593. The molecule has 0 bridgehead atoms. The van der Waals surface area contributed by atoms with E-state index in [1.54, 1.807) is 19.2 Å². The second-order valence-electron chi connectivity index (χ2n) is 6.07. The molecule has 0 radical (unpaired) electrons. The SMILES string of the molecule is Cc1nc2cc(-c3ccc4c(c3)OCCNC4=O)ccc2c(=O)n1C. The summed E-state index contributed by atoms with van der Waals surface area (Å²) in [5.74, 6) is 1.11. The average Bonchev–Trinajstić information content (AvgIpc) is 2.80. The molecule has 4 rings (SSSR count). The van der Waals surface area contributed by atoms with Crippen LogP contribution in [0.3, 0.4) is 0 Å². The van der Waals surface area contributed by atoms with Gasteiger partial charge in [-0.1, -0.05) is 12.1 Å². The van der Waals surface area contributed by atoms with Gasteiger partial charge in [-0.3, -0.25) is 14.2 Å². The van der Waals surface area contributed by atoms with E-state index in [0.717, 1.165) is 11.1 Å². The van der Waals surface area contributed by atoms with Crippen LogP contribution in [0.1, 0.15) is 16.2 Å². The molecular formula is C19H17N3O3. The lowest BCUT2D eigenvalue weighted by Gasteiger charge is -2.10. The van der Waals surface area contributed by atoms with E-state index < -0.39 is 0 Å². The van der Waals surface area contributed by atoms with E-state index in [9.17, 15) is 9.59 Å². The van der Waals surface area contributed by atoms with Crippen molar-refractivity contribution in [2.75, 3.05) is 13.2 Å². The van der Waals surface area contributed by atoms with E-state index in [1.807, 2.05) is 31.2 Å². The highest BCUT2D eigenvalue weighted by atomic mass is 16.5. The third-order valence-corrected chi connectivity index (χ3v) is 4.51. The molecule has 0 saturated carbocycles. The highest BCUT2D eigenvalue weighted by Crippen LogP contribution is 2.29. The predicted octanol–water partition coefficient (Wildman–Crippen LogP) is 2.03. The Labute approximate surface area is 144 Å². The van der Waals surface area contributed by atoms with Crippen molar-refractivity contribution in [2.45, 2.75) is 6.92 Å². The van der Waals surface area contributed by atoms with E-state index in [0.29, 0.717) is 41.2 Å². The minimum Gasteiger partial charge on any atom is -0.491 e. The van der Waals surface area contributed by atoms with Gasteiger partial charge in [0.1, 0.15) is 18.2 Å². The largest absolute Gasteiger partial charge is 0.491 e. The topological polar surface area (TPSA) is 73.2 Å². The number of carbonyl (C=O) groups excluding carboxylic acids is 1. The first-order valence-electron chi connectivity index (χ1n) is 8.07. The zero-order valence-corrected chi connectivity index (χ0v) is 14.0. The minimum atomic E-state index is -0.127. The number of rotatable bonds is 1. The van der Waals surface area contributed by atoms with Gasteiger partial charge < -0.3 is 10.1 Å². The summed E-state index contributed by atoms with van der Waals surface area (Å²) in [7, 11) is 1.72. The third kappa shape index (κ3) is 2.55. The number of nitrogens with one attached hydrogen (secondary N) is 1. The van der Waals surface area contributed by atoms with Crippen LogP contribution in [-0.4, -0.2) is 28.6 Å². The molecule has 1 amide bonds. The summed E-state index contributed by atoms with van der Waals surface area (Å²) in [6, 6.07) is 11.1. The van der Waals surface area contributed by atoms with Crippen LogP contribution in [0.5, 0.6) is 5.75 Å². The summed E-state index contributed by atoms with van der Waals surface area (Å²) in [4.78, 5) is 28.8. The number of hydrogen-bond donors (Lipinski definition) is 1. The van der Waals surface area contributed by atoms with E-state index in [1.165, 1.54) is 4.57 Å². The first kappa shape index (κ1) is 15.4. The summed E-state index contributed by atoms with van der Waals surface area (Å²) < 4.78 is 7.21. The fourth-order valence-electron chi connectivity index (χ4n) is 2.99. The van der Waals surface area contributed by atoms with Crippen molar-refractivity contribution in [3.63, 3.8) is 0 Å². The molecule has 3 aromatic rings. The van der Waals surface area contributed by atoms with Crippen molar-refractivity contribution in [1.29, 1.82) is 0 Å². The maximum atomic E-state index is 12.3. The van der Waals surface area contributed by atoms with Crippen molar-refractivity contribution < 1.29 is 9.53 Å². The molecule has 0 unspecified atom stereocenters. The molecule has 2 heterocycles. The third-order valence-electron chi connectivity index (χ3n) is 4.51. The predicted molar refractivity (Wildman–Crippen MR) is 95.0 cm³/mol. The van der Waals surface area contributed by atoms with Crippen LogP contribution < -0.4 is 15.6 Å². The molecule has 1 aliphatic rings. The fourth-order valence-corrected chi connectivity index (χ4v) is 2.99. The van der Waals surface area contributed by atoms with Crippen LogP contribution in [0.15, 0.2) is 41.2 Å². The smallest absolute Gasteiger partial charge is 0.261 e. The van der Waals surface area contributed by atoms with E-state index >= 15 is 0 Å². The van der Waals surface area contributed by atoms with E-state index in [2.05, 4.69) is 10.3 Å². The molecule has 0 saturated heterocycles. The number of nitrogens with zero attached hydrogens (tertiary/aromatic N) is 2. The summed E-state index contributed by atoms with van der Waals surface area (Å²) >= 11 is 0. The van der Waals surface area contributed by atoms with Gasteiger partial charge in [-0.05, 0) is 42.3 Å². The molecule has 2 aromatic carbocycles. The van der Waals surface area contributed by atoms with Gasteiger partial charge in [-0.25, -0.2) is 4.98 Å². The Balaban J connectivity index is 1.85. The summed E-state index contributed by atoms with van der Waals surface area (Å²) in [6.45, 7) is 2.74. The van der Waals surface area contributed by atoms with Crippen LogP contribution in [0, 0.1) is 6.92 Å². The van der Waals surface area contributed by atoms with Crippen molar-refractivity contribution in [1.82, 2.24) is 14.9 Å². The zero-order valence-electron chi connectivity index (χ0n) is 14.0. The summed E-state index contributed by atoms with van der Waals surface area (Å²) in [6.07, 6.45) is 0. The molecule has 6 nitrogen and oxygen atoms in total. The molecule has 25 heavy (non-hydrogen) atoms. The highest BCUT2D eigenvalue weighted by Gasteiger charge is 2.17. The summed E-state index contributed by atoms with van der Waals surface area (Å²) in [5.41, 5.74) is 2.96. The summed E-state index contributed by atoms with van der Waals surface area (Å²) in [5, 5.41) is 3.38. The number of aromatic nitrogens is 2. The highest BCUT2D eigenvalue weighted by molar-refractivity contribution is 5.98. The molecule has 1 aliphatic heterocycles. The number of ether oxygens (including phenoxy) is 1. The fraction of sp³-hybridized carbons (Fsp3) is 0.211. The van der Waals surface area contributed by atoms with Gasteiger partial charge >= 0.3 is 0 Å². The van der Waals surface area contributed by atoms with Gasteiger partial charge in [0.15, 0.2) is 0 Å². The van der Waals surface area contributed by atoms with Crippen molar-refractivity contribution in [3.05, 3.63) is 58.1 Å². The quantitative estimate of drug-likeness (QED) is 0.738. The van der Waals surface area contributed by atoms with E-state index in [-0.39, 0.29) is 11.5 Å². The lowest BCUT2D eigenvalue weighted by molar-refractivity contribution is 0.0957. The van der Waals surface area contributed by atoms with Crippen LogP contribution in [-0.2, 0) is 7.05 Å². The average molecular weight is 335 g/mol. The van der Waals surface area contributed by atoms with E-state index in [4.69, 9.17) is 4.74 Å². The normalized spacial score (nSPS) is 13.8. The van der Waals surface area contributed by atoms with Gasteiger partial charge in [0.05, 0.1) is 23.0 Å². The Bertz CT molecular complexity index is 1070. The molecule has 0 atom stereocenters. The number of benzene rings is 2. The Hall–Kier alpha value is -3.15. The van der Waals surface area contributed by atoms with Gasteiger partial charge in [0.25, 0.3) is 11.5 Å². The second kappa shape index (κ2) is 5.73. The van der Waals surface area contributed by atoms with Crippen LogP contribution >= 0.6 is 0 Å². The molecule has 1 N–H and O–H groups in total. The number of fused-ring (bicyclic) bond motifs is 2. The standard InChI is InChI=1S/C19H17N3O3/c1-11-21-16-9-12(3-5-14(16)19(24)22(11)2)13-4-6-15-17(10-13)25-8-7-20-18(15)23/h3-6,9-10H,7-8H2,1-2H3,(H,20,23). The van der Waals surface area contributed by atoms with Crippen molar-refractivity contribution in [2.24, 2.45) is 7.05 Å². The maximum absolute atomic E-state index is 12.3. The molecule has 1 aromatic heterocycles. The lowest BCUT2D eigenvalue weighted by atomic mass is 10.0. The first-order valence-corrected chi connectivity index (χ1v) is 8.07. The van der Waals surface area contributed by atoms with Gasteiger partial charge in [0, 0.05) is 7.05 Å². The van der Waals surface area contributed by atoms with Crippen LogP contribution in [0.4, 0.5) is 0 Å². The number of aryl methyl sites for hydroxylation is 1. The lowest BCUT2D eigenvalue weighted by Crippen LogP contribution is -2.24. The molecule has 0 spiro atoms. The number of carbonyl (C=O) groups is 1. The monoisotopic (exact) mass is 335 g/mol. The van der Waals surface area contributed by atoms with Gasteiger partial charge in [-0.2, -0.15) is 0 Å². The van der Waals surface area contributed by atoms with Gasteiger partial charge in [-0.15, -0.1) is 0 Å². The second-order valence-corrected chi connectivity index (χ2v) is 6.07. The van der Waals surface area contributed by atoms with Crippen LogP contribution in [0.2, 0.25) is 0 Å². The molecule has 0 aliphatic carbocycles. The Morgan fingerprint density at radius 2 is 1.88 bits per heavy atom. The number of amides is 1. The molecule has 126 valence electrons. The Morgan fingerprint density at radius 3 is 2.72 bits per heavy atom. The Kier molecular flexibility index (Phi) is 3.53. The number of hydrogen-bond acceptors (Lipinski definition) is 4. The molecule has 6 heteroatoms.